The van der Waals surface area contributed by atoms with Crippen molar-refractivity contribution in [3.63, 3.8) is 0 Å². The van der Waals surface area contributed by atoms with E-state index in [0.29, 0.717) is 0 Å². The third kappa shape index (κ3) is 11.3. The summed E-state index contributed by atoms with van der Waals surface area (Å²) in [5.74, 6) is -0.964. The fraction of sp³-hybridized carbons (Fsp3) is 0.714. The summed E-state index contributed by atoms with van der Waals surface area (Å²) in [4.78, 5) is 23.0. The van der Waals surface area contributed by atoms with Crippen LogP contribution in [0.2, 0.25) is 0 Å². The summed E-state index contributed by atoms with van der Waals surface area (Å²) < 4.78 is 38.9. The normalized spacial score (nSPS) is 17.3. The van der Waals surface area contributed by atoms with Crippen molar-refractivity contribution in [3.05, 3.63) is 35.9 Å². The van der Waals surface area contributed by atoms with E-state index in [9.17, 15) is 22.6 Å². The molecule has 1 fully saturated rings. The number of ether oxygens (including phenoxy) is 1. The molecule has 38 heavy (non-hydrogen) atoms. The maximum absolute atomic E-state index is 11.5. The fourth-order valence-electron chi connectivity index (χ4n) is 4.63. The summed E-state index contributed by atoms with van der Waals surface area (Å²) in [6, 6.07) is 6.90. The number of rotatable bonds is 16. The molecule has 10 heteroatoms. The first-order valence-electron chi connectivity index (χ1n) is 14.2. The van der Waals surface area contributed by atoms with Gasteiger partial charge in [-0.1, -0.05) is 83.7 Å². The van der Waals surface area contributed by atoms with E-state index in [0.717, 1.165) is 5.56 Å². The number of carbonyl (C=O) groups is 2. The number of hydrogen-bond acceptors (Lipinski definition) is 6. The number of quaternary nitrogens is 1. The summed E-state index contributed by atoms with van der Waals surface area (Å²) >= 11 is 0. The van der Waals surface area contributed by atoms with E-state index in [4.69, 9.17) is 4.74 Å². The van der Waals surface area contributed by atoms with E-state index in [1.165, 1.54) is 89.0 Å². The molecule has 218 valence electrons. The average molecular weight is 556 g/mol. The molecule has 0 saturated carbocycles. The molecule has 2 amide bonds. The number of benzene rings is 1. The second kappa shape index (κ2) is 17.4. The molecule has 0 aromatic heterocycles. The van der Waals surface area contributed by atoms with Gasteiger partial charge in [-0.2, -0.15) is 0 Å². The Morgan fingerprint density at radius 1 is 0.921 bits per heavy atom. The van der Waals surface area contributed by atoms with Gasteiger partial charge in [-0.15, -0.1) is 0 Å². The van der Waals surface area contributed by atoms with Gasteiger partial charge in [0.05, 0.1) is 32.2 Å². The number of β-lactam (4-membered cyclic amide) rings is 1. The number of hydrogen-bond donors (Lipinski definition) is 1. The number of amides is 2. The van der Waals surface area contributed by atoms with Gasteiger partial charge in [0.1, 0.15) is 12.6 Å². The number of nitrogens with zero attached hydrogens (tertiary/aromatic N) is 2. The fourth-order valence-corrected chi connectivity index (χ4v) is 5.49. The van der Waals surface area contributed by atoms with Gasteiger partial charge >= 0.3 is 6.09 Å². The summed E-state index contributed by atoms with van der Waals surface area (Å²) in [5.41, 5.74) is 0.768. The lowest BCUT2D eigenvalue weighted by atomic mass is 10.0. The van der Waals surface area contributed by atoms with Crippen LogP contribution in [-0.4, -0.2) is 72.0 Å². The lowest BCUT2D eigenvalue weighted by molar-refractivity contribution is -0.929. The highest BCUT2D eigenvalue weighted by Gasteiger charge is 2.49. The standard InChI is InChI=1S/C16H36N.C12H14N2O6S/c1-5-9-13-17(14-10-6-2,15-11-7-3)16-12-8-4;1-8-10(11(15)14(8)21(17,18)19)13-12(16)20-7-9-5-3-2-4-6-9/h5-16H2,1-4H3;2-6,8,10H,7H2,1H3,(H,13,16)(H,17,18,19)/q+1;/p-1. The Bertz CT molecular complexity index is 888. The molecule has 1 aromatic rings. The van der Waals surface area contributed by atoms with E-state index >= 15 is 0 Å². The first-order valence-corrected chi connectivity index (χ1v) is 15.5. The lowest BCUT2D eigenvalue weighted by Gasteiger charge is -2.45. The Kier molecular flexibility index (Phi) is 15.5. The number of nitrogens with one attached hydrogen (secondary N) is 1. The van der Waals surface area contributed by atoms with E-state index in [1.807, 2.05) is 6.07 Å². The quantitative estimate of drug-likeness (QED) is 0.175. The molecule has 1 aliphatic heterocycles. The van der Waals surface area contributed by atoms with Gasteiger partial charge in [0.2, 0.25) is 0 Å². The SMILES string of the molecule is CC1C(NC(=O)OCc2ccccc2)C(=O)N1S(=O)(=O)[O-].CCCC[N+](CCCC)(CCCC)CCCC. The van der Waals surface area contributed by atoms with Gasteiger partial charge in [-0.3, -0.25) is 4.79 Å². The van der Waals surface area contributed by atoms with Crippen molar-refractivity contribution in [3.8, 4) is 0 Å². The van der Waals surface area contributed by atoms with Crippen molar-refractivity contribution < 1.29 is 31.8 Å². The summed E-state index contributed by atoms with van der Waals surface area (Å²) in [6.07, 6.45) is 10.2. The molecule has 0 aliphatic carbocycles. The predicted molar refractivity (Wildman–Crippen MR) is 149 cm³/mol. The van der Waals surface area contributed by atoms with Gasteiger partial charge in [-0.25, -0.2) is 17.5 Å². The van der Waals surface area contributed by atoms with Crippen LogP contribution >= 0.6 is 0 Å². The van der Waals surface area contributed by atoms with Crippen LogP contribution in [0.3, 0.4) is 0 Å². The first kappa shape index (κ1) is 33.9. The van der Waals surface area contributed by atoms with Crippen LogP contribution in [0.15, 0.2) is 30.3 Å². The third-order valence-electron chi connectivity index (χ3n) is 7.01. The van der Waals surface area contributed by atoms with Crippen molar-refractivity contribution >= 4 is 22.3 Å². The van der Waals surface area contributed by atoms with Crippen molar-refractivity contribution in [2.45, 2.75) is 105 Å². The van der Waals surface area contributed by atoms with E-state index in [1.54, 1.807) is 24.3 Å². The monoisotopic (exact) mass is 555 g/mol. The van der Waals surface area contributed by atoms with Crippen LogP contribution in [0.5, 0.6) is 0 Å². The minimum Gasteiger partial charge on any atom is -0.731 e. The summed E-state index contributed by atoms with van der Waals surface area (Å²) in [6.45, 7) is 16.4. The van der Waals surface area contributed by atoms with Crippen LogP contribution < -0.4 is 5.32 Å². The molecule has 2 rings (SSSR count). The average Bonchev–Trinajstić information content (AvgIpc) is 2.90. The van der Waals surface area contributed by atoms with Gasteiger partial charge in [-0.05, 0) is 38.2 Å². The smallest absolute Gasteiger partial charge is 0.408 e. The Balaban J connectivity index is 0.000000391. The van der Waals surface area contributed by atoms with Crippen LogP contribution in [0.4, 0.5) is 4.79 Å². The van der Waals surface area contributed by atoms with Crippen molar-refractivity contribution in [1.29, 1.82) is 0 Å². The molecule has 0 spiro atoms. The number of unbranched alkanes of at least 4 members (excludes halogenated alkanes) is 4. The van der Waals surface area contributed by atoms with Crippen LogP contribution in [0, 0.1) is 0 Å². The predicted octanol–water partition coefficient (Wildman–Crippen LogP) is 4.98. The van der Waals surface area contributed by atoms with Crippen LogP contribution in [-0.2, 0) is 26.4 Å². The first-order chi connectivity index (χ1) is 18.0. The van der Waals surface area contributed by atoms with Crippen molar-refractivity contribution in [1.82, 2.24) is 9.62 Å². The molecule has 0 radical (unpaired) electrons. The maximum atomic E-state index is 11.5. The summed E-state index contributed by atoms with van der Waals surface area (Å²) in [7, 11) is -4.85. The molecule has 0 bridgehead atoms. The van der Waals surface area contributed by atoms with Gasteiger partial charge in [0, 0.05) is 0 Å². The minimum atomic E-state index is -4.85. The zero-order chi connectivity index (χ0) is 28.6. The molecular weight excluding hydrogens is 506 g/mol. The van der Waals surface area contributed by atoms with Crippen LogP contribution in [0.1, 0.15) is 91.5 Å². The van der Waals surface area contributed by atoms with Gasteiger partial charge in [0.15, 0.2) is 10.3 Å². The topological polar surface area (TPSA) is 116 Å². The second-order valence-electron chi connectivity index (χ2n) is 10.2. The Labute approximate surface area is 230 Å². The molecule has 9 nitrogen and oxygen atoms in total. The van der Waals surface area contributed by atoms with Gasteiger partial charge < -0.3 is 19.1 Å². The highest BCUT2D eigenvalue weighted by atomic mass is 32.2. The Hall–Kier alpha value is -2.17. The summed E-state index contributed by atoms with van der Waals surface area (Å²) in [5, 5.41) is 2.23. The molecule has 1 saturated heterocycles. The molecular formula is C28H49N3O6S. The van der Waals surface area contributed by atoms with E-state index in [2.05, 4.69) is 33.0 Å². The molecule has 2 atom stereocenters. The van der Waals surface area contributed by atoms with Crippen molar-refractivity contribution in [2.24, 2.45) is 0 Å². The molecule has 1 aromatic carbocycles. The highest BCUT2D eigenvalue weighted by molar-refractivity contribution is 7.84. The molecule has 1 N–H and O–H groups in total. The Morgan fingerprint density at radius 2 is 1.37 bits per heavy atom. The largest absolute Gasteiger partial charge is 0.731 e. The minimum absolute atomic E-state index is 0.0194. The van der Waals surface area contributed by atoms with E-state index < -0.39 is 34.4 Å². The Morgan fingerprint density at radius 3 is 1.74 bits per heavy atom. The molecule has 1 aliphatic rings. The third-order valence-corrected chi connectivity index (χ3v) is 8.00. The lowest BCUT2D eigenvalue weighted by Crippen LogP contribution is -2.70. The number of alkyl carbamates (subject to hydrolysis) is 1. The second-order valence-corrected chi connectivity index (χ2v) is 11.4. The van der Waals surface area contributed by atoms with Crippen molar-refractivity contribution in [2.75, 3.05) is 26.2 Å². The van der Waals surface area contributed by atoms with Crippen LogP contribution in [0.25, 0.3) is 0 Å². The van der Waals surface area contributed by atoms with E-state index in [-0.39, 0.29) is 10.9 Å². The molecule has 1 heterocycles. The maximum Gasteiger partial charge on any atom is 0.408 e. The van der Waals surface area contributed by atoms with Gasteiger partial charge in [0.25, 0.3) is 5.91 Å². The molecule has 2 unspecified atom stereocenters. The zero-order valence-corrected chi connectivity index (χ0v) is 24.8. The zero-order valence-electron chi connectivity index (χ0n) is 24.0. The highest BCUT2D eigenvalue weighted by Crippen LogP contribution is 2.23. The number of carbonyl (C=O) groups excluding carboxylic acids is 2.